The molecule has 0 atom stereocenters. The normalized spacial score (nSPS) is 14.6. The second-order valence-corrected chi connectivity index (χ2v) is 4.85. The van der Waals surface area contributed by atoms with Crippen molar-refractivity contribution in [2.75, 3.05) is 26.2 Å². The van der Waals surface area contributed by atoms with Crippen molar-refractivity contribution in [1.82, 2.24) is 4.90 Å². The molecule has 0 radical (unpaired) electrons. The van der Waals surface area contributed by atoms with Crippen molar-refractivity contribution >= 4 is 11.8 Å². The molecule has 0 heterocycles. The van der Waals surface area contributed by atoms with E-state index in [1.54, 1.807) is 6.92 Å². The summed E-state index contributed by atoms with van der Waals surface area (Å²) in [5, 5.41) is 0. The zero-order valence-electron chi connectivity index (χ0n) is 13.0. The molecule has 0 saturated heterocycles. The van der Waals surface area contributed by atoms with Crippen molar-refractivity contribution < 1.29 is 14.3 Å². The number of Topliss-reactive ketones (excluding diaryl/α,β-unsaturated/α-hetero) is 1. The summed E-state index contributed by atoms with van der Waals surface area (Å²) in [5.74, 6) is -0.114. The molecular formula is C17H23NO3. The molecule has 4 heteroatoms. The third-order valence-corrected chi connectivity index (χ3v) is 3.29. The number of nitrogens with zero attached hydrogens (tertiary/aromatic N) is 1. The predicted octanol–water partition coefficient (Wildman–Crippen LogP) is 2.44. The van der Waals surface area contributed by atoms with Gasteiger partial charge in [0.2, 0.25) is 0 Å². The highest BCUT2D eigenvalue weighted by Crippen LogP contribution is 2.23. The minimum Gasteiger partial charge on any atom is -0.461 e. The monoisotopic (exact) mass is 289 g/mol. The molecule has 0 aromatic rings. The molecule has 0 aliphatic heterocycles. The number of esters is 1. The summed E-state index contributed by atoms with van der Waals surface area (Å²) in [6.07, 6.45) is 7.38. The van der Waals surface area contributed by atoms with Crippen molar-refractivity contribution in [2.45, 2.75) is 20.8 Å². The Hall–Kier alpha value is -1.94. The number of ether oxygens (including phenoxy) is 1. The number of allylic oxidation sites excluding steroid dienone is 6. The highest BCUT2D eigenvalue weighted by atomic mass is 16.5. The average molecular weight is 289 g/mol. The molecule has 2 rings (SSSR count). The molecule has 21 heavy (non-hydrogen) atoms. The summed E-state index contributed by atoms with van der Waals surface area (Å²) >= 11 is 0. The summed E-state index contributed by atoms with van der Waals surface area (Å²) in [6, 6.07) is 0. The molecular weight excluding hydrogens is 266 g/mol. The Morgan fingerprint density at radius 1 is 1.19 bits per heavy atom. The van der Waals surface area contributed by atoms with Crippen molar-refractivity contribution in [2.24, 2.45) is 0 Å². The van der Waals surface area contributed by atoms with Crippen LogP contribution in [0.1, 0.15) is 20.8 Å². The van der Waals surface area contributed by atoms with Gasteiger partial charge in [0.25, 0.3) is 0 Å². The predicted molar refractivity (Wildman–Crippen MR) is 83.9 cm³/mol. The first kappa shape index (κ1) is 17.1. The van der Waals surface area contributed by atoms with E-state index in [-0.39, 0.29) is 11.8 Å². The number of carbonyl (C=O) groups is 2. The van der Waals surface area contributed by atoms with Gasteiger partial charge in [-0.2, -0.15) is 0 Å². The SMILES string of the molecule is C=C(C)C(=O)OCCN(CC)CC.O=C1C2=CC=C1C=C2. The van der Waals surface area contributed by atoms with Gasteiger partial charge < -0.3 is 9.64 Å². The summed E-state index contributed by atoms with van der Waals surface area (Å²) in [5.41, 5.74) is 2.12. The second kappa shape index (κ2) is 8.37. The highest BCUT2D eigenvalue weighted by molar-refractivity contribution is 6.17. The van der Waals surface area contributed by atoms with Crippen LogP contribution in [0.4, 0.5) is 0 Å². The smallest absolute Gasteiger partial charge is 0.333 e. The van der Waals surface area contributed by atoms with E-state index in [1.165, 1.54) is 0 Å². The van der Waals surface area contributed by atoms with Gasteiger partial charge in [0.1, 0.15) is 6.61 Å². The Balaban J connectivity index is 0.000000230. The Kier molecular flexibility index (Phi) is 6.82. The molecule has 4 nitrogen and oxygen atoms in total. The van der Waals surface area contributed by atoms with E-state index in [9.17, 15) is 9.59 Å². The van der Waals surface area contributed by atoms with Crippen LogP contribution in [0.3, 0.4) is 0 Å². The Labute approximate surface area is 126 Å². The molecule has 0 unspecified atom stereocenters. The lowest BCUT2D eigenvalue weighted by molar-refractivity contribution is -0.139. The van der Waals surface area contributed by atoms with E-state index in [0.29, 0.717) is 12.2 Å². The van der Waals surface area contributed by atoms with Crippen LogP contribution in [0.5, 0.6) is 0 Å². The zero-order chi connectivity index (χ0) is 15.8. The van der Waals surface area contributed by atoms with E-state index >= 15 is 0 Å². The summed E-state index contributed by atoms with van der Waals surface area (Å²) in [6.45, 7) is 12.6. The van der Waals surface area contributed by atoms with Crippen molar-refractivity contribution in [3.05, 3.63) is 47.6 Å². The Morgan fingerprint density at radius 2 is 1.71 bits per heavy atom. The van der Waals surface area contributed by atoms with E-state index in [2.05, 4.69) is 25.3 Å². The van der Waals surface area contributed by atoms with Gasteiger partial charge in [-0.3, -0.25) is 4.79 Å². The number of likely N-dealkylation sites (N-methyl/N-ethyl adjacent to an activating group) is 1. The van der Waals surface area contributed by atoms with Gasteiger partial charge in [0, 0.05) is 23.3 Å². The van der Waals surface area contributed by atoms with Crippen LogP contribution in [0, 0.1) is 0 Å². The van der Waals surface area contributed by atoms with Crippen molar-refractivity contribution in [3.8, 4) is 0 Å². The van der Waals surface area contributed by atoms with Crippen LogP contribution >= 0.6 is 0 Å². The first-order chi connectivity index (χ1) is 9.99. The molecule has 2 aliphatic rings. The topological polar surface area (TPSA) is 46.6 Å². The van der Waals surface area contributed by atoms with E-state index in [0.717, 1.165) is 30.8 Å². The number of ketones is 1. The fraction of sp³-hybridized carbons (Fsp3) is 0.412. The number of hydrogen-bond donors (Lipinski definition) is 0. The van der Waals surface area contributed by atoms with Gasteiger partial charge in [0.05, 0.1) is 0 Å². The summed E-state index contributed by atoms with van der Waals surface area (Å²) < 4.78 is 4.96. The molecule has 0 saturated carbocycles. The first-order valence-electron chi connectivity index (χ1n) is 7.19. The lowest BCUT2D eigenvalue weighted by Gasteiger charge is -2.17. The lowest BCUT2D eigenvalue weighted by atomic mass is 10.2. The quantitative estimate of drug-likeness (QED) is 0.556. The maximum atomic E-state index is 11.0. The minimum atomic E-state index is -0.299. The average Bonchev–Trinajstić information content (AvgIpc) is 3.02. The maximum Gasteiger partial charge on any atom is 0.333 e. The van der Waals surface area contributed by atoms with E-state index < -0.39 is 0 Å². The van der Waals surface area contributed by atoms with Crippen LogP contribution in [-0.2, 0) is 14.3 Å². The van der Waals surface area contributed by atoms with Crippen LogP contribution in [0.15, 0.2) is 47.6 Å². The van der Waals surface area contributed by atoms with Gasteiger partial charge in [0.15, 0.2) is 5.78 Å². The van der Waals surface area contributed by atoms with E-state index in [1.807, 2.05) is 24.3 Å². The van der Waals surface area contributed by atoms with Gasteiger partial charge in [-0.1, -0.05) is 44.7 Å². The van der Waals surface area contributed by atoms with Crippen molar-refractivity contribution in [3.63, 3.8) is 0 Å². The van der Waals surface area contributed by atoms with Gasteiger partial charge >= 0.3 is 5.97 Å². The molecule has 0 amide bonds. The minimum absolute atomic E-state index is 0.185. The van der Waals surface area contributed by atoms with Crippen LogP contribution in [-0.4, -0.2) is 42.9 Å². The Morgan fingerprint density at radius 3 is 2.00 bits per heavy atom. The lowest BCUT2D eigenvalue weighted by Crippen LogP contribution is -2.27. The second-order valence-electron chi connectivity index (χ2n) is 4.85. The largest absolute Gasteiger partial charge is 0.461 e. The molecule has 114 valence electrons. The van der Waals surface area contributed by atoms with Crippen molar-refractivity contribution in [1.29, 1.82) is 0 Å². The molecule has 0 N–H and O–H groups in total. The fourth-order valence-corrected chi connectivity index (χ4v) is 1.87. The number of hydrogen-bond acceptors (Lipinski definition) is 4. The van der Waals surface area contributed by atoms with Crippen LogP contribution in [0.2, 0.25) is 0 Å². The third-order valence-electron chi connectivity index (χ3n) is 3.29. The van der Waals surface area contributed by atoms with Crippen LogP contribution in [0.25, 0.3) is 0 Å². The number of carbonyl (C=O) groups excluding carboxylic acids is 2. The molecule has 2 aliphatic carbocycles. The highest BCUT2D eigenvalue weighted by Gasteiger charge is 2.19. The van der Waals surface area contributed by atoms with Gasteiger partial charge in [-0.15, -0.1) is 0 Å². The van der Waals surface area contributed by atoms with E-state index in [4.69, 9.17) is 4.74 Å². The molecule has 2 bridgehead atoms. The molecule has 0 spiro atoms. The number of fused-ring (bicyclic) bond motifs is 2. The first-order valence-corrected chi connectivity index (χ1v) is 7.19. The molecule has 0 aromatic carbocycles. The van der Waals surface area contributed by atoms with Crippen LogP contribution < -0.4 is 0 Å². The third kappa shape index (κ3) is 5.16. The van der Waals surface area contributed by atoms with Gasteiger partial charge in [-0.05, 0) is 20.0 Å². The summed E-state index contributed by atoms with van der Waals surface area (Å²) in [4.78, 5) is 23.9. The molecule has 0 fully saturated rings. The Bertz CT molecular complexity index is 484. The number of rotatable bonds is 6. The standard InChI is InChI=1S/C10H19NO2.C7H4O/c1-5-11(6-2)7-8-13-10(12)9(3)4;8-7-5-1-2-6(7)4-3-5/h3,5-8H2,1-2,4H3;1-4H. The zero-order valence-corrected chi connectivity index (χ0v) is 13.0. The maximum absolute atomic E-state index is 11.0. The summed E-state index contributed by atoms with van der Waals surface area (Å²) in [7, 11) is 0. The van der Waals surface area contributed by atoms with Gasteiger partial charge in [-0.25, -0.2) is 4.79 Å². The fourth-order valence-electron chi connectivity index (χ4n) is 1.87. The molecule has 0 aromatic heterocycles.